The van der Waals surface area contributed by atoms with E-state index in [0.29, 0.717) is 11.6 Å². The number of halogens is 3. The van der Waals surface area contributed by atoms with Crippen molar-refractivity contribution in [2.24, 2.45) is 5.92 Å². The number of alkyl halides is 3. The third kappa shape index (κ3) is 3.17. The molecule has 2 rings (SSSR count). The van der Waals surface area contributed by atoms with Crippen LogP contribution in [0.5, 0.6) is 0 Å². The van der Waals surface area contributed by atoms with Crippen LogP contribution in [0.1, 0.15) is 23.5 Å². The summed E-state index contributed by atoms with van der Waals surface area (Å²) < 4.78 is 36.6. The fourth-order valence-electron chi connectivity index (χ4n) is 1.23. The van der Waals surface area contributed by atoms with Gasteiger partial charge in [-0.05, 0) is 25.3 Å². The van der Waals surface area contributed by atoms with Crippen molar-refractivity contribution in [1.29, 1.82) is 0 Å². The van der Waals surface area contributed by atoms with Gasteiger partial charge in [0.1, 0.15) is 5.01 Å². The maximum absolute atomic E-state index is 12.2. The summed E-state index contributed by atoms with van der Waals surface area (Å²) in [5.74, 6) is 0.729. The Balaban J connectivity index is 1.83. The number of rotatable bonds is 4. The Bertz CT molecular complexity index is 330. The molecule has 0 unspecified atom stereocenters. The van der Waals surface area contributed by atoms with E-state index in [-0.39, 0.29) is 0 Å². The molecule has 1 aliphatic rings. The molecule has 1 saturated carbocycles. The van der Waals surface area contributed by atoms with Crippen LogP contribution < -0.4 is 5.32 Å². The molecule has 0 amide bonds. The summed E-state index contributed by atoms with van der Waals surface area (Å²) >= 11 is 1.05. The standard InChI is InChI=1S/C9H11F3N2S/c10-9(11,12)7-5-15-8(14-7)4-13-3-6-1-2-6/h5-6,13H,1-4H2. The zero-order chi connectivity index (χ0) is 10.9. The second kappa shape index (κ2) is 4.09. The summed E-state index contributed by atoms with van der Waals surface area (Å²) in [5.41, 5.74) is -0.782. The van der Waals surface area contributed by atoms with Gasteiger partial charge in [-0.3, -0.25) is 0 Å². The minimum absolute atomic E-state index is 0.442. The molecule has 1 aliphatic carbocycles. The van der Waals surface area contributed by atoms with Crippen molar-refractivity contribution in [3.8, 4) is 0 Å². The molecule has 84 valence electrons. The van der Waals surface area contributed by atoms with Gasteiger partial charge in [0.05, 0.1) is 0 Å². The summed E-state index contributed by atoms with van der Waals surface area (Å²) in [6.07, 6.45) is -1.84. The number of hydrogen-bond acceptors (Lipinski definition) is 3. The number of nitrogens with one attached hydrogen (secondary N) is 1. The van der Waals surface area contributed by atoms with Gasteiger partial charge in [-0.25, -0.2) is 4.98 Å². The molecule has 1 aromatic rings. The fourth-order valence-corrected chi connectivity index (χ4v) is 2.00. The molecule has 0 atom stereocenters. The van der Waals surface area contributed by atoms with Crippen molar-refractivity contribution in [2.45, 2.75) is 25.6 Å². The van der Waals surface area contributed by atoms with Crippen molar-refractivity contribution >= 4 is 11.3 Å². The van der Waals surface area contributed by atoms with Crippen LogP contribution in [-0.2, 0) is 12.7 Å². The zero-order valence-electron chi connectivity index (χ0n) is 7.97. The topological polar surface area (TPSA) is 24.9 Å². The van der Waals surface area contributed by atoms with E-state index in [4.69, 9.17) is 0 Å². The normalized spacial score (nSPS) is 17.0. The number of thiazole rings is 1. The van der Waals surface area contributed by atoms with Gasteiger partial charge in [0.15, 0.2) is 5.69 Å². The summed E-state index contributed by atoms with van der Waals surface area (Å²) in [4.78, 5) is 3.53. The molecular weight excluding hydrogens is 225 g/mol. The third-order valence-electron chi connectivity index (χ3n) is 2.25. The van der Waals surface area contributed by atoms with Gasteiger partial charge in [0.25, 0.3) is 0 Å². The number of hydrogen-bond donors (Lipinski definition) is 1. The predicted octanol–water partition coefficient (Wildman–Crippen LogP) is 2.66. The van der Waals surface area contributed by atoms with E-state index < -0.39 is 11.9 Å². The predicted molar refractivity (Wildman–Crippen MR) is 51.5 cm³/mol. The lowest BCUT2D eigenvalue weighted by atomic mass is 10.4. The van der Waals surface area contributed by atoms with E-state index in [9.17, 15) is 13.2 Å². The lowest BCUT2D eigenvalue weighted by molar-refractivity contribution is -0.140. The third-order valence-corrected chi connectivity index (χ3v) is 3.10. The molecule has 15 heavy (non-hydrogen) atoms. The van der Waals surface area contributed by atoms with Crippen molar-refractivity contribution in [3.05, 3.63) is 16.1 Å². The number of nitrogens with zero attached hydrogens (tertiary/aromatic N) is 1. The van der Waals surface area contributed by atoms with Gasteiger partial charge in [0.2, 0.25) is 0 Å². The van der Waals surface area contributed by atoms with E-state index >= 15 is 0 Å². The summed E-state index contributed by atoms with van der Waals surface area (Å²) in [7, 11) is 0. The Morgan fingerprint density at radius 1 is 1.47 bits per heavy atom. The van der Waals surface area contributed by atoms with Crippen molar-refractivity contribution in [3.63, 3.8) is 0 Å². The first kappa shape index (κ1) is 10.9. The minimum atomic E-state index is -4.31. The monoisotopic (exact) mass is 236 g/mol. The van der Waals surface area contributed by atoms with E-state index in [2.05, 4.69) is 10.3 Å². The molecule has 6 heteroatoms. The lowest BCUT2D eigenvalue weighted by Crippen LogP contribution is -2.16. The van der Waals surface area contributed by atoms with Crippen LogP contribution in [0.2, 0.25) is 0 Å². The minimum Gasteiger partial charge on any atom is -0.310 e. The van der Waals surface area contributed by atoms with Gasteiger partial charge in [-0.15, -0.1) is 11.3 Å². The maximum Gasteiger partial charge on any atom is 0.434 e. The van der Waals surface area contributed by atoms with Gasteiger partial charge in [-0.1, -0.05) is 0 Å². The second-order valence-corrected chi connectivity index (χ2v) is 4.64. The van der Waals surface area contributed by atoms with E-state index in [1.54, 1.807) is 0 Å². The Kier molecular flexibility index (Phi) is 2.97. The largest absolute Gasteiger partial charge is 0.434 e. The molecule has 0 aromatic carbocycles. The quantitative estimate of drug-likeness (QED) is 0.869. The fraction of sp³-hybridized carbons (Fsp3) is 0.667. The summed E-state index contributed by atoms with van der Waals surface area (Å²) in [6.45, 7) is 1.33. The smallest absolute Gasteiger partial charge is 0.310 e. The second-order valence-electron chi connectivity index (χ2n) is 3.70. The van der Waals surface area contributed by atoms with Crippen LogP contribution in [0.25, 0.3) is 0 Å². The van der Waals surface area contributed by atoms with Crippen LogP contribution in [0.15, 0.2) is 5.38 Å². The molecule has 0 bridgehead atoms. The number of aromatic nitrogens is 1. The summed E-state index contributed by atoms with van der Waals surface area (Å²) in [6, 6.07) is 0. The molecule has 1 fully saturated rings. The Morgan fingerprint density at radius 3 is 2.73 bits per heavy atom. The highest BCUT2D eigenvalue weighted by Crippen LogP contribution is 2.30. The van der Waals surface area contributed by atoms with Gasteiger partial charge in [-0.2, -0.15) is 13.2 Å². The van der Waals surface area contributed by atoms with Crippen molar-refractivity contribution in [2.75, 3.05) is 6.54 Å². The van der Waals surface area contributed by atoms with E-state index in [1.165, 1.54) is 12.8 Å². The Labute approximate surface area is 89.5 Å². The van der Waals surface area contributed by atoms with Crippen LogP contribution in [0, 0.1) is 5.92 Å². The Morgan fingerprint density at radius 2 is 2.20 bits per heavy atom. The molecular formula is C9H11F3N2S. The van der Waals surface area contributed by atoms with E-state index in [1.807, 2.05) is 0 Å². The van der Waals surface area contributed by atoms with Crippen LogP contribution in [0.3, 0.4) is 0 Å². The molecule has 1 heterocycles. The highest BCUT2D eigenvalue weighted by atomic mass is 32.1. The van der Waals surface area contributed by atoms with Crippen molar-refractivity contribution in [1.82, 2.24) is 10.3 Å². The first-order valence-electron chi connectivity index (χ1n) is 4.78. The van der Waals surface area contributed by atoms with Crippen LogP contribution in [-0.4, -0.2) is 11.5 Å². The van der Waals surface area contributed by atoms with Crippen LogP contribution in [0.4, 0.5) is 13.2 Å². The molecule has 0 aliphatic heterocycles. The van der Waals surface area contributed by atoms with Gasteiger partial charge in [0, 0.05) is 11.9 Å². The molecule has 0 radical (unpaired) electrons. The molecule has 1 N–H and O–H groups in total. The molecule has 1 aromatic heterocycles. The van der Waals surface area contributed by atoms with Gasteiger partial charge < -0.3 is 5.32 Å². The highest BCUT2D eigenvalue weighted by Gasteiger charge is 2.33. The summed E-state index contributed by atoms with van der Waals surface area (Å²) in [5, 5.41) is 4.68. The molecule has 0 spiro atoms. The van der Waals surface area contributed by atoms with Crippen molar-refractivity contribution < 1.29 is 13.2 Å². The highest BCUT2D eigenvalue weighted by molar-refractivity contribution is 7.09. The molecule has 0 saturated heterocycles. The zero-order valence-corrected chi connectivity index (χ0v) is 8.79. The van der Waals surface area contributed by atoms with E-state index in [0.717, 1.165) is 29.2 Å². The lowest BCUT2D eigenvalue weighted by Gasteiger charge is -2.01. The first-order chi connectivity index (χ1) is 7.05. The average molecular weight is 236 g/mol. The first-order valence-corrected chi connectivity index (χ1v) is 5.66. The average Bonchev–Trinajstić information content (AvgIpc) is 2.80. The Hall–Kier alpha value is -0.620. The SMILES string of the molecule is FC(F)(F)c1csc(CNCC2CC2)n1. The van der Waals surface area contributed by atoms with Gasteiger partial charge >= 0.3 is 6.18 Å². The maximum atomic E-state index is 12.2. The van der Waals surface area contributed by atoms with Crippen LogP contribution >= 0.6 is 11.3 Å². The molecule has 2 nitrogen and oxygen atoms in total.